The third-order valence-electron chi connectivity index (χ3n) is 6.33. The first kappa shape index (κ1) is 18.2. The maximum atomic E-state index is 6.37. The SMILES string of the molecule is Cc1nc2ccccc2c2c1nc(-c1cccc3c1oc1ccccc13)n2-c1ccccc1. The van der Waals surface area contributed by atoms with Gasteiger partial charge in [-0.15, -0.1) is 0 Å². The van der Waals surface area contributed by atoms with Crippen LogP contribution in [0.4, 0.5) is 0 Å². The number of pyridine rings is 1. The standard InChI is InChI=1S/C29H19N3O/c1-18-26-27(22-13-5-7-16-24(22)30-18)32(19-10-3-2-4-11-19)29(31-26)23-15-9-14-21-20-12-6-8-17-25(20)33-28(21)23/h2-17H,1H3. The summed E-state index contributed by atoms with van der Waals surface area (Å²) in [5.41, 5.74) is 7.59. The van der Waals surface area contributed by atoms with Crippen molar-refractivity contribution >= 4 is 43.9 Å². The van der Waals surface area contributed by atoms with Crippen LogP contribution in [0.15, 0.2) is 101 Å². The van der Waals surface area contributed by atoms with Gasteiger partial charge >= 0.3 is 0 Å². The van der Waals surface area contributed by atoms with E-state index in [2.05, 4.69) is 71.3 Å². The first-order chi connectivity index (χ1) is 16.3. The molecule has 0 radical (unpaired) electrons. The highest BCUT2D eigenvalue weighted by atomic mass is 16.3. The summed E-state index contributed by atoms with van der Waals surface area (Å²) in [4.78, 5) is 10.0. The van der Waals surface area contributed by atoms with Gasteiger partial charge in [-0.1, -0.05) is 66.7 Å². The highest BCUT2D eigenvalue weighted by molar-refractivity contribution is 6.11. The average molecular weight is 425 g/mol. The molecule has 156 valence electrons. The maximum absolute atomic E-state index is 6.37. The Hall–Kier alpha value is -4.44. The van der Waals surface area contributed by atoms with Gasteiger partial charge in [-0.05, 0) is 37.3 Å². The second kappa shape index (κ2) is 6.78. The summed E-state index contributed by atoms with van der Waals surface area (Å²) in [6, 6.07) is 33.1. The number of nitrogens with zero attached hydrogens (tertiary/aromatic N) is 3. The lowest BCUT2D eigenvalue weighted by atomic mass is 10.1. The number of hydrogen-bond donors (Lipinski definition) is 0. The van der Waals surface area contributed by atoms with Gasteiger partial charge in [0.2, 0.25) is 0 Å². The van der Waals surface area contributed by atoms with Crippen LogP contribution in [0, 0.1) is 6.92 Å². The minimum atomic E-state index is 0.848. The van der Waals surface area contributed by atoms with Crippen molar-refractivity contribution in [2.45, 2.75) is 6.92 Å². The van der Waals surface area contributed by atoms with Crippen LogP contribution < -0.4 is 0 Å². The molecule has 0 aliphatic rings. The van der Waals surface area contributed by atoms with Crippen molar-refractivity contribution < 1.29 is 4.42 Å². The predicted octanol–water partition coefficient (Wildman–Crippen LogP) is 7.45. The van der Waals surface area contributed by atoms with Gasteiger partial charge in [0.15, 0.2) is 0 Å². The number of benzene rings is 4. The van der Waals surface area contributed by atoms with E-state index in [1.807, 2.05) is 37.3 Å². The molecule has 3 aromatic heterocycles. The average Bonchev–Trinajstić information content (AvgIpc) is 3.44. The van der Waals surface area contributed by atoms with Crippen LogP contribution in [0.1, 0.15) is 5.69 Å². The number of fused-ring (bicyclic) bond motifs is 6. The summed E-state index contributed by atoms with van der Waals surface area (Å²) in [6.07, 6.45) is 0. The Morgan fingerprint density at radius 1 is 0.667 bits per heavy atom. The molecule has 0 atom stereocenters. The fourth-order valence-electron chi connectivity index (χ4n) is 4.86. The van der Waals surface area contributed by atoms with E-state index < -0.39 is 0 Å². The highest BCUT2D eigenvalue weighted by Gasteiger charge is 2.22. The summed E-state index contributed by atoms with van der Waals surface area (Å²) >= 11 is 0. The van der Waals surface area contributed by atoms with Crippen molar-refractivity contribution in [3.8, 4) is 17.1 Å². The fraction of sp³-hybridized carbons (Fsp3) is 0.0345. The minimum Gasteiger partial charge on any atom is -0.455 e. The Bertz CT molecular complexity index is 1830. The molecule has 4 heteroatoms. The Kier molecular flexibility index (Phi) is 3.73. The number of furan rings is 1. The number of hydrogen-bond acceptors (Lipinski definition) is 3. The third kappa shape index (κ3) is 2.58. The molecule has 0 amide bonds. The normalized spacial score (nSPS) is 11.8. The molecule has 33 heavy (non-hydrogen) atoms. The van der Waals surface area contributed by atoms with Crippen molar-refractivity contribution in [1.82, 2.24) is 14.5 Å². The van der Waals surface area contributed by atoms with Gasteiger partial charge in [-0.3, -0.25) is 9.55 Å². The molecular weight excluding hydrogens is 406 g/mol. The van der Waals surface area contributed by atoms with E-state index in [1.165, 1.54) is 0 Å². The molecule has 0 unspecified atom stereocenters. The largest absolute Gasteiger partial charge is 0.455 e. The number of rotatable bonds is 2. The quantitative estimate of drug-likeness (QED) is 0.289. The van der Waals surface area contributed by atoms with E-state index in [9.17, 15) is 0 Å². The number of imidazole rings is 1. The van der Waals surface area contributed by atoms with Crippen LogP contribution in [0.2, 0.25) is 0 Å². The van der Waals surface area contributed by atoms with Gasteiger partial charge in [0.1, 0.15) is 22.5 Å². The molecule has 4 nitrogen and oxygen atoms in total. The van der Waals surface area contributed by atoms with E-state index in [1.54, 1.807) is 0 Å². The molecule has 0 bridgehead atoms. The first-order valence-electron chi connectivity index (χ1n) is 11.0. The Morgan fingerprint density at radius 2 is 1.39 bits per heavy atom. The molecule has 0 aliphatic heterocycles. The summed E-state index contributed by atoms with van der Waals surface area (Å²) in [5.74, 6) is 0.849. The monoisotopic (exact) mass is 425 g/mol. The van der Waals surface area contributed by atoms with Gasteiger partial charge in [0.05, 0.1) is 22.3 Å². The number of aromatic nitrogens is 3. The van der Waals surface area contributed by atoms with Crippen LogP contribution in [0.25, 0.3) is 61.0 Å². The molecule has 0 N–H and O–H groups in total. The lowest BCUT2D eigenvalue weighted by Crippen LogP contribution is -1.98. The summed E-state index contributed by atoms with van der Waals surface area (Å²) in [6.45, 7) is 2.03. The molecule has 7 rings (SSSR count). The van der Waals surface area contributed by atoms with E-state index in [0.29, 0.717) is 0 Å². The van der Waals surface area contributed by atoms with Crippen LogP contribution >= 0.6 is 0 Å². The summed E-state index contributed by atoms with van der Waals surface area (Å²) < 4.78 is 8.62. The lowest BCUT2D eigenvalue weighted by molar-refractivity contribution is 0.669. The van der Waals surface area contributed by atoms with Crippen LogP contribution in [-0.2, 0) is 0 Å². The van der Waals surface area contributed by atoms with E-state index >= 15 is 0 Å². The lowest BCUT2D eigenvalue weighted by Gasteiger charge is -2.11. The molecule has 7 aromatic rings. The molecule has 0 saturated heterocycles. The van der Waals surface area contributed by atoms with E-state index in [4.69, 9.17) is 14.4 Å². The number of aryl methyl sites for hydroxylation is 1. The predicted molar refractivity (Wildman–Crippen MR) is 134 cm³/mol. The van der Waals surface area contributed by atoms with Gasteiger partial charge in [0.25, 0.3) is 0 Å². The molecular formula is C29H19N3O. The van der Waals surface area contributed by atoms with Crippen LogP contribution in [0.5, 0.6) is 0 Å². The molecule has 3 heterocycles. The molecule has 0 spiro atoms. The van der Waals surface area contributed by atoms with Gasteiger partial charge in [-0.25, -0.2) is 4.98 Å². The van der Waals surface area contributed by atoms with Crippen LogP contribution in [-0.4, -0.2) is 14.5 Å². The van der Waals surface area contributed by atoms with Crippen molar-refractivity contribution in [3.05, 3.63) is 103 Å². The van der Waals surface area contributed by atoms with Crippen molar-refractivity contribution in [1.29, 1.82) is 0 Å². The summed E-state index contributed by atoms with van der Waals surface area (Å²) in [5, 5.41) is 3.28. The highest BCUT2D eigenvalue weighted by Crippen LogP contribution is 2.39. The van der Waals surface area contributed by atoms with Gasteiger partial charge in [-0.2, -0.15) is 0 Å². The Morgan fingerprint density at radius 3 is 2.27 bits per heavy atom. The fourth-order valence-corrected chi connectivity index (χ4v) is 4.86. The topological polar surface area (TPSA) is 43.9 Å². The second-order valence-corrected chi connectivity index (χ2v) is 8.30. The van der Waals surface area contributed by atoms with Crippen molar-refractivity contribution in [3.63, 3.8) is 0 Å². The Balaban J connectivity index is 1.68. The van der Waals surface area contributed by atoms with Gasteiger partial charge in [0, 0.05) is 21.8 Å². The second-order valence-electron chi connectivity index (χ2n) is 8.30. The molecule has 0 fully saturated rings. The molecule has 4 aromatic carbocycles. The van der Waals surface area contributed by atoms with E-state index in [0.717, 1.165) is 66.6 Å². The van der Waals surface area contributed by atoms with E-state index in [-0.39, 0.29) is 0 Å². The molecule has 0 saturated carbocycles. The van der Waals surface area contributed by atoms with Crippen LogP contribution in [0.3, 0.4) is 0 Å². The number of para-hydroxylation sites is 4. The first-order valence-corrected chi connectivity index (χ1v) is 11.0. The third-order valence-corrected chi connectivity index (χ3v) is 6.33. The zero-order chi connectivity index (χ0) is 21.9. The van der Waals surface area contributed by atoms with Crippen molar-refractivity contribution in [2.24, 2.45) is 0 Å². The molecule has 0 aliphatic carbocycles. The van der Waals surface area contributed by atoms with Crippen molar-refractivity contribution in [2.75, 3.05) is 0 Å². The van der Waals surface area contributed by atoms with Gasteiger partial charge < -0.3 is 4.42 Å². The zero-order valence-corrected chi connectivity index (χ0v) is 18.0. The smallest absolute Gasteiger partial charge is 0.149 e. The minimum absolute atomic E-state index is 0.848. The summed E-state index contributed by atoms with van der Waals surface area (Å²) in [7, 11) is 0. The zero-order valence-electron chi connectivity index (χ0n) is 18.0. The Labute approximate surface area is 189 Å². The maximum Gasteiger partial charge on any atom is 0.149 e.